The van der Waals surface area contributed by atoms with Gasteiger partial charge in [-0.05, 0) is 33.4 Å². The zero-order chi connectivity index (χ0) is 31.5. The van der Waals surface area contributed by atoms with Crippen LogP contribution in [-0.2, 0) is 31.4 Å². The smallest absolute Gasteiger partial charge is 0.304 e. The van der Waals surface area contributed by atoms with Gasteiger partial charge in [0, 0.05) is 13.0 Å². The van der Waals surface area contributed by atoms with Crippen LogP contribution in [0, 0.1) is 5.92 Å². The Kier molecular flexibility index (Phi) is 10.1. The summed E-state index contributed by atoms with van der Waals surface area (Å²) in [4.78, 5) is 44.5. The van der Waals surface area contributed by atoms with E-state index in [9.17, 15) is 19.5 Å². The summed E-state index contributed by atoms with van der Waals surface area (Å²) in [7, 11) is 0. The molecule has 7 nitrogen and oxygen atoms in total. The van der Waals surface area contributed by atoms with Crippen molar-refractivity contribution in [1.29, 1.82) is 0 Å². The molecule has 0 radical (unpaired) electrons. The lowest BCUT2D eigenvalue weighted by Crippen LogP contribution is -2.42. The molecule has 5 aromatic carbocycles. The highest BCUT2D eigenvalue weighted by Crippen LogP contribution is 2.39. The lowest BCUT2D eigenvalue weighted by Gasteiger charge is -2.35. The molecule has 0 aromatic heterocycles. The third-order valence-electron chi connectivity index (χ3n) is 7.61. The third kappa shape index (κ3) is 7.71. The molecule has 0 fully saturated rings. The number of hydrogen-bond donors (Lipinski definition) is 3. The number of rotatable bonds is 13. The molecule has 5 aromatic rings. The second kappa shape index (κ2) is 14.8. The third-order valence-corrected chi connectivity index (χ3v) is 7.61. The lowest BCUT2D eigenvalue weighted by atomic mass is 9.80. The Bertz CT molecular complexity index is 1600. The molecule has 226 valence electrons. The van der Waals surface area contributed by atoms with Gasteiger partial charge in [-0.3, -0.25) is 19.2 Å². The van der Waals surface area contributed by atoms with Crippen LogP contribution in [0.15, 0.2) is 146 Å². The molecule has 5 rings (SSSR count). The second-order valence-corrected chi connectivity index (χ2v) is 10.7. The molecular formula is C38H34N2O5. The van der Waals surface area contributed by atoms with Gasteiger partial charge in [0.15, 0.2) is 5.60 Å². The molecule has 0 aliphatic heterocycles. The maximum atomic E-state index is 13.3. The number of hydroxylamine groups is 1. The summed E-state index contributed by atoms with van der Waals surface area (Å²) in [6.45, 7) is 0.196. The number of benzene rings is 5. The van der Waals surface area contributed by atoms with Gasteiger partial charge in [-0.2, -0.15) is 0 Å². The summed E-state index contributed by atoms with van der Waals surface area (Å²) >= 11 is 0. The van der Waals surface area contributed by atoms with Gasteiger partial charge in [0.05, 0.1) is 12.3 Å². The number of carbonyl (C=O) groups excluding carboxylic acids is 2. The summed E-state index contributed by atoms with van der Waals surface area (Å²) < 4.78 is 0. The van der Waals surface area contributed by atoms with Crippen LogP contribution >= 0.6 is 0 Å². The van der Waals surface area contributed by atoms with Gasteiger partial charge in [0.25, 0.3) is 0 Å². The first-order valence-corrected chi connectivity index (χ1v) is 14.7. The highest BCUT2D eigenvalue weighted by atomic mass is 16.7. The average molecular weight is 599 g/mol. The minimum Gasteiger partial charge on any atom is -0.481 e. The number of aliphatic carboxylic acids is 1. The van der Waals surface area contributed by atoms with Crippen molar-refractivity contribution in [2.24, 2.45) is 5.92 Å². The van der Waals surface area contributed by atoms with Crippen molar-refractivity contribution in [3.05, 3.63) is 168 Å². The first-order chi connectivity index (χ1) is 22.0. The van der Waals surface area contributed by atoms with E-state index in [2.05, 4.69) is 10.8 Å². The highest BCUT2D eigenvalue weighted by Gasteiger charge is 2.39. The number of amides is 2. The van der Waals surface area contributed by atoms with Crippen LogP contribution in [0.2, 0.25) is 0 Å². The van der Waals surface area contributed by atoms with E-state index in [1.165, 1.54) is 0 Å². The Balaban J connectivity index is 1.30. The Morgan fingerprint density at radius 1 is 0.600 bits per heavy atom. The number of hydrogen-bond acceptors (Lipinski definition) is 4. The highest BCUT2D eigenvalue weighted by molar-refractivity contribution is 5.88. The zero-order valence-electron chi connectivity index (χ0n) is 24.6. The van der Waals surface area contributed by atoms with Gasteiger partial charge in [-0.15, -0.1) is 0 Å². The molecular weight excluding hydrogens is 564 g/mol. The van der Waals surface area contributed by atoms with E-state index in [-0.39, 0.29) is 13.0 Å². The van der Waals surface area contributed by atoms with Crippen LogP contribution in [0.4, 0.5) is 0 Å². The van der Waals surface area contributed by atoms with E-state index in [1.807, 2.05) is 146 Å². The second-order valence-electron chi connectivity index (χ2n) is 10.7. The van der Waals surface area contributed by atoms with Crippen LogP contribution in [0.5, 0.6) is 0 Å². The summed E-state index contributed by atoms with van der Waals surface area (Å²) in [6, 6.07) is 46.2. The van der Waals surface area contributed by atoms with Crippen molar-refractivity contribution in [2.45, 2.75) is 25.0 Å². The van der Waals surface area contributed by atoms with Crippen LogP contribution in [0.3, 0.4) is 0 Å². The molecule has 1 atom stereocenters. The molecule has 0 spiro atoms. The van der Waals surface area contributed by atoms with Crippen LogP contribution < -0.4 is 10.8 Å². The number of carbonyl (C=O) groups is 3. The van der Waals surface area contributed by atoms with Gasteiger partial charge in [-0.25, -0.2) is 5.48 Å². The largest absolute Gasteiger partial charge is 0.481 e. The predicted molar refractivity (Wildman–Crippen MR) is 173 cm³/mol. The Labute approximate surface area is 262 Å². The van der Waals surface area contributed by atoms with Gasteiger partial charge in [-0.1, -0.05) is 146 Å². The van der Waals surface area contributed by atoms with E-state index < -0.39 is 35.7 Å². The molecule has 0 saturated carbocycles. The Morgan fingerprint density at radius 2 is 1.04 bits per heavy atom. The molecule has 0 aliphatic rings. The topological polar surface area (TPSA) is 105 Å². The average Bonchev–Trinajstić information content (AvgIpc) is 3.09. The Morgan fingerprint density at radius 3 is 1.51 bits per heavy atom. The van der Waals surface area contributed by atoms with Crippen molar-refractivity contribution in [3.63, 3.8) is 0 Å². The fourth-order valence-corrected chi connectivity index (χ4v) is 5.34. The van der Waals surface area contributed by atoms with Crippen molar-refractivity contribution < 1.29 is 24.3 Å². The number of carboxylic acid groups (broad SMARTS) is 1. The van der Waals surface area contributed by atoms with Crippen molar-refractivity contribution in [3.8, 4) is 11.1 Å². The molecule has 1 unspecified atom stereocenters. The fraction of sp³-hybridized carbons (Fsp3) is 0.132. The van der Waals surface area contributed by atoms with Gasteiger partial charge >= 0.3 is 5.97 Å². The molecule has 0 heterocycles. The first-order valence-electron chi connectivity index (χ1n) is 14.7. The molecule has 3 N–H and O–H groups in total. The summed E-state index contributed by atoms with van der Waals surface area (Å²) in [5.41, 5.74) is 6.66. The summed E-state index contributed by atoms with van der Waals surface area (Å²) in [6.07, 6.45) is -0.882. The number of carboxylic acids is 1. The maximum absolute atomic E-state index is 13.3. The molecule has 2 amide bonds. The molecule has 45 heavy (non-hydrogen) atoms. The molecule has 7 heteroatoms. The monoisotopic (exact) mass is 598 g/mol. The predicted octanol–water partition coefficient (Wildman–Crippen LogP) is 6.49. The van der Waals surface area contributed by atoms with Gasteiger partial charge < -0.3 is 10.4 Å². The van der Waals surface area contributed by atoms with Crippen molar-refractivity contribution >= 4 is 17.8 Å². The normalized spacial score (nSPS) is 11.7. The van der Waals surface area contributed by atoms with Crippen LogP contribution in [-0.4, -0.2) is 22.9 Å². The SMILES string of the molecule is O=C(O)CC(CC(=O)NOC(c1ccccc1)(c1ccccc1)c1ccccc1)C(=O)NCc1ccc(-c2ccccc2)cc1. The van der Waals surface area contributed by atoms with Gasteiger partial charge in [0.1, 0.15) is 0 Å². The minimum absolute atomic E-state index is 0.196. The van der Waals surface area contributed by atoms with Gasteiger partial charge in [0.2, 0.25) is 11.8 Å². The van der Waals surface area contributed by atoms with E-state index in [1.54, 1.807) is 0 Å². The lowest BCUT2D eigenvalue weighted by molar-refractivity contribution is -0.148. The molecule has 0 bridgehead atoms. The Hall–Kier alpha value is -5.53. The van der Waals surface area contributed by atoms with E-state index in [4.69, 9.17) is 4.84 Å². The van der Waals surface area contributed by atoms with Crippen molar-refractivity contribution in [2.75, 3.05) is 0 Å². The van der Waals surface area contributed by atoms with E-state index in [0.717, 1.165) is 33.4 Å². The zero-order valence-corrected chi connectivity index (χ0v) is 24.6. The van der Waals surface area contributed by atoms with Crippen LogP contribution in [0.25, 0.3) is 11.1 Å². The number of nitrogens with one attached hydrogen (secondary N) is 2. The summed E-state index contributed by atoms with van der Waals surface area (Å²) in [5, 5.41) is 12.3. The van der Waals surface area contributed by atoms with Crippen LogP contribution in [0.1, 0.15) is 35.1 Å². The molecule has 0 aliphatic carbocycles. The quantitative estimate of drug-likeness (QED) is 0.106. The first kappa shape index (κ1) is 30.9. The fourth-order valence-electron chi connectivity index (χ4n) is 5.34. The van der Waals surface area contributed by atoms with E-state index >= 15 is 0 Å². The minimum atomic E-state index is -1.21. The standard InChI is InChI=1S/C38H34N2O5/c41-35(25-31(26-36(42)43)37(44)39-27-28-21-23-30(24-22-28)29-13-5-1-6-14-29)40-45-38(32-15-7-2-8-16-32,33-17-9-3-10-18-33)34-19-11-4-12-20-34/h1-24,31H,25-27H2,(H,39,44)(H,40,41)(H,42,43). The maximum Gasteiger partial charge on any atom is 0.304 e. The molecule has 0 saturated heterocycles. The van der Waals surface area contributed by atoms with Crippen molar-refractivity contribution in [1.82, 2.24) is 10.8 Å². The van der Waals surface area contributed by atoms with E-state index in [0.29, 0.717) is 0 Å². The summed E-state index contributed by atoms with van der Waals surface area (Å²) in [5.74, 6) is -3.42.